The van der Waals surface area contributed by atoms with E-state index in [1.165, 1.54) is 6.07 Å². The number of phenolic OH excluding ortho intramolecular Hbond substituents is 1. The minimum atomic E-state index is -0.936. The largest absolute Gasteiger partial charge is 0.502 e. The summed E-state index contributed by atoms with van der Waals surface area (Å²) in [7, 11) is 0. The van der Waals surface area contributed by atoms with Gasteiger partial charge in [0.05, 0.1) is 15.2 Å². The molecule has 0 bridgehead atoms. The zero-order chi connectivity index (χ0) is 15.1. The van der Waals surface area contributed by atoms with Gasteiger partial charge in [-0.25, -0.2) is 0 Å². The lowest BCUT2D eigenvalue weighted by molar-refractivity contribution is -0.421. The van der Waals surface area contributed by atoms with Gasteiger partial charge in [-0.15, -0.1) is 0 Å². The van der Waals surface area contributed by atoms with Gasteiger partial charge in [-0.05, 0) is 22.2 Å². The molecular weight excluding hydrogens is 276 g/mol. The maximum Gasteiger partial charge on any atom is 0.387 e. The van der Waals surface area contributed by atoms with E-state index >= 15 is 0 Å². The molecule has 3 aromatic rings. The van der Waals surface area contributed by atoms with Gasteiger partial charge < -0.3 is 5.11 Å². The number of aromatic hydroxyl groups is 1. The van der Waals surface area contributed by atoms with Crippen LogP contribution in [0.15, 0.2) is 42.5 Å². The summed E-state index contributed by atoms with van der Waals surface area (Å²) in [6, 6.07) is 11.4. The lowest BCUT2D eigenvalue weighted by Gasteiger charge is -2.06. The number of rotatable bonds is 2. The van der Waals surface area contributed by atoms with E-state index in [1.807, 2.05) is 0 Å². The first-order valence-electron chi connectivity index (χ1n) is 5.97. The van der Waals surface area contributed by atoms with Crippen LogP contribution in [0.25, 0.3) is 21.5 Å². The van der Waals surface area contributed by atoms with Crippen molar-refractivity contribution in [3.05, 3.63) is 62.7 Å². The first kappa shape index (κ1) is 12.8. The second kappa shape index (κ2) is 4.41. The minimum Gasteiger partial charge on any atom is -0.502 e. The first-order valence-corrected chi connectivity index (χ1v) is 5.97. The molecule has 7 heteroatoms. The van der Waals surface area contributed by atoms with Crippen LogP contribution in [0.4, 0.5) is 11.4 Å². The third kappa shape index (κ3) is 1.83. The highest BCUT2D eigenvalue weighted by molar-refractivity contribution is 6.14. The van der Waals surface area contributed by atoms with Gasteiger partial charge in [0.1, 0.15) is 0 Å². The third-order valence-electron chi connectivity index (χ3n) is 3.32. The molecule has 21 heavy (non-hydrogen) atoms. The summed E-state index contributed by atoms with van der Waals surface area (Å²) in [6.07, 6.45) is 0. The number of benzene rings is 3. The molecule has 1 N–H and O–H groups in total. The summed E-state index contributed by atoms with van der Waals surface area (Å²) < 4.78 is 0. The van der Waals surface area contributed by atoms with E-state index in [0.717, 1.165) is 5.39 Å². The highest BCUT2D eigenvalue weighted by atomic mass is 16.6. The summed E-state index contributed by atoms with van der Waals surface area (Å²) in [5, 5.41) is 33.9. The maximum absolute atomic E-state index is 11.3. The van der Waals surface area contributed by atoms with Gasteiger partial charge in [0.25, 0.3) is 0 Å². The number of nitro groups is 2. The number of fused-ring (bicyclic) bond motifs is 3. The van der Waals surface area contributed by atoms with Gasteiger partial charge in [-0.1, -0.05) is 36.4 Å². The molecule has 0 saturated carbocycles. The number of nitrogens with zero attached hydrogens (tertiary/aromatic N) is 2. The lowest BCUT2D eigenvalue weighted by Crippen LogP contribution is -1.98. The average molecular weight is 284 g/mol. The first-order chi connectivity index (χ1) is 10.0. The summed E-state index contributed by atoms with van der Waals surface area (Å²) in [5.41, 5.74) is -1.57. The third-order valence-corrected chi connectivity index (χ3v) is 3.32. The van der Waals surface area contributed by atoms with Gasteiger partial charge in [0.15, 0.2) is 0 Å². The summed E-state index contributed by atoms with van der Waals surface area (Å²) in [5.74, 6) is -0.713. The van der Waals surface area contributed by atoms with Crippen LogP contribution in [-0.2, 0) is 0 Å². The molecule has 104 valence electrons. The van der Waals surface area contributed by atoms with E-state index < -0.39 is 27.0 Å². The van der Waals surface area contributed by atoms with Crippen molar-refractivity contribution in [1.82, 2.24) is 0 Å². The molecular formula is C14H8N2O5. The monoisotopic (exact) mass is 284 g/mol. The Morgan fingerprint density at radius 3 is 2.14 bits per heavy atom. The number of hydrogen-bond acceptors (Lipinski definition) is 5. The van der Waals surface area contributed by atoms with E-state index in [-0.39, 0.29) is 5.39 Å². The molecule has 0 aromatic heterocycles. The average Bonchev–Trinajstić information content (AvgIpc) is 2.44. The molecule has 3 aromatic carbocycles. The molecule has 7 nitrogen and oxygen atoms in total. The Morgan fingerprint density at radius 2 is 1.48 bits per heavy atom. The fraction of sp³-hybridized carbons (Fsp3) is 0. The van der Waals surface area contributed by atoms with Gasteiger partial charge in [-0.2, -0.15) is 0 Å². The summed E-state index contributed by atoms with van der Waals surface area (Å²) >= 11 is 0. The zero-order valence-electron chi connectivity index (χ0n) is 10.5. The Bertz CT molecular complexity index is 920. The van der Waals surface area contributed by atoms with E-state index in [0.29, 0.717) is 10.8 Å². The van der Waals surface area contributed by atoms with E-state index in [4.69, 9.17) is 0 Å². The highest BCUT2D eigenvalue weighted by Crippen LogP contribution is 2.44. The molecule has 0 unspecified atom stereocenters. The predicted octanol–water partition coefficient (Wildman–Crippen LogP) is 3.52. The van der Waals surface area contributed by atoms with Crippen LogP contribution in [-0.4, -0.2) is 15.0 Å². The molecule has 3 rings (SSSR count). The van der Waals surface area contributed by atoms with E-state index in [2.05, 4.69) is 0 Å². The van der Waals surface area contributed by atoms with Crippen molar-refractivity contribution in [2.45, 2.75) is 0 Å². The van der Waals surface area contributed by atoms with Crippen molar-refractivity contribution in [2.24, 2.45) is 0 Å². The van der Waals surface area contributed by atoms with Crippen molar-refractivity contribution < 1.29 is 15.0 Å². The van der Waals surface area contributed by atoms with E-state index in [9.17, 15) is 25.3 Å². The molecule has 0 radical (unpaired) electrons. The molecule has 0 aliphatic heterocycles. The van der Waals surface area contributed by atoms with Crippen LogP contribution in [0, 0.1) is 20.2 Å². The van der Waals surface area contributed by atoms with Crippen LogP contribution >= 0.6 is 0 Å². The van der Waals surface area contributed by atoms with Crippen molar-refractivity contribution in [3.8, 4) is 5.75 Å². The second-order valence-corrected chi connectivity index (χ2v) is 4.49. The smallest absolute Gasteiger partial charge is 0.387 e. The van der Waals surface area contributed by atoms with Crippen LogP contribution in [0.1, 0.15) is 0 Å². The molecule has 0 saturated heterocycles. The number of phenols is 1. The topological polar surface area (TPSA) is 107 Å². The molecule has 0 heterocycles. The van der Waals surface area contributed by atoms with Gasteiger partial charge in [-0.3, -0.25) is 20.2 Å². The number of nitro benzene ring substituents is 2. The molecule has 0 spiro atoms. The van der Waals surface area contributed by atoms with Crippen molar-refractivity contribution in [3.63, 3.8) is 0 Å². The van der Waals surface area contributed by atoms with Crippen LogP contribution in [0.2, 0.25) is 0 Å². The van der Waals surface area contributed by atoms with Crippen molar-refractivity contribution >= 4 is 32.9 Å². The van der Waals surface area contributed by atoms with Gasteiger partial charge >= 0.3 is 11.4 Å². The molecule has 0 aliphatic carbocycles. The van der Waals surface area contributed by atoms with Crippen LogP contribution in [0.3, 0.4) is 0 Å². The second-order valence-electron chi connectivity index (χ2n) is 4.49. The standard InChI is InChI=1S/C14H8N2O5/c17-11-7-9-6-5-8-3-1-2-4-10(8)12(9)14(16(20)21)13(11)15(18)19/h1-7,17H. The van der Waals surface area contributed by atoms with Crippen LogP contribution in [0.5, 0.6) is 5.75 Å². The van der Waals surface area contributed by atoms with Crippen LogP contribution < -0.4 is 0 Å². The Kier molecular flexibility index (Phi) is 2.69. The highest BCUT2D eigenvalue weighted by Gasteiger charge is 2.33. The Labute approximate surface area is 117 Å². The fourth-order valence-corrected chi connectivity index (χ4v) is 2.49. The Morgan fingerprint density at radius 1 is 0.857 bits per heavy atom. The quantitative estimate of drug-likeness (QED) is 0.440. The van der Waals surface area contributed by atoms with Gasteiger partial charge in [0, 0.05) is 0 Å². The van der Waals surface area contributed by atoms with E-state index in [1.54, 1.807) is 36.4 Å². The minimum absolute atomic E-state index is 0.155. The van der Waals surface area contributed by atoms with Crippen molar-refractivity contribution in [1.29, 1.82) is 0 Å². The van der Waals surface area contributed by atoms with Gasteiger partial charge in [0.2, 0.25) is 5.75 Å². The number of hydrogen-bond donors (Lipinski definition) is 1. The Balaban J connectivity index is 2.65. The fourth-order valence-electron chi connectivity index (χ4n) is 2.49. The normalized spacial score (nSPS) is 10.9. The molecule has 0 amide bonds. The Hall–Kier alpha value is -3.22. The molecule has 0 fully saturated rings. The zero-order valence-corrected chi connectivity index (χ0v) is 10.5. The lowest BCUT2D eigenvalue weighted by atomic mass is 9.99. The maximum atomic E-state index is 11.3. The predicted molar refractivity (Wildman–Crippen MR) is 76.4 cm³/mol. The summed E-state index contributed by atoms with van der Waals surface area (Å²) in [6.45, 7) is 0. The summed E-state index contributed by atoms with van der Waals surface area (Å²) in [4.78, 5) is 20.6. The van der Waals surface area contributed by atoms with Crippen molar-refractivity contribution in [2.75, 3.05) is 0 Å². The SMILES string of the molecule is O=[N+]([O-])c1c(O)cc2ccc3ccccc3c2c1[N+](=O)[O-]. The molecule has 0 aliphatic rings. The molecule has 0 atom stereocenters.